The van der Waals surface area contributed by atoms with Crippen LogP contribution in [0, 0.1) is 6.92 Å². The molecule has 2 aliphatic rings. The molecular formula is C21H24F3N3O4S. The molecule has 1 amide bonds. The van der Waals surface area contributed by atoms with Crippen molar-refractivity contribution in [3.8, 4) is 0 Å². The van der Waals surface area contributed by atoms with Crippen LogP contribution in [0.25, 0.3) is 0 Å². The van der Waals surface area contributed by atoms with Gasteiger partial charge in [-0.25, -0.2) is 9.78 Å². The van der Waals surface area contributed by atoms with E-state index in [1.807, 2.05) is 42.2 Å². The summed E-state index contributed by atoms with van der Waals surface area (Å²) in [7, 11) is 0. The van der Waals surface area contributed by atoms with Gasteiger partial charge in [0.1, 0.15) is 0 Å². The lowest BCUT2D eigenvalue weighted by atomic mass is 10.1. The molecule has 11 heteroatoms. The number of hydrogen-bond donors (Lipinski definition) is 1. The molecular weight excluding hydrogens is 447 g/mol. The van der Waals surface area contributed by atoms with Gasteiger partial charge in [0.15, 0.2) is 0 Å². The number of aryl methyl sites for hydroxylation is 1. The quantitative estimate of drug-likeness (QED) is 0.739. The largest absolute Gasteiger partial charge is 0.490 e. The lowest BCUT2D eigenvalue weighted by Gasteiger charge is -2.36. The predicted molar refractivity (Wildman–Crippen MR) is 111 cm³/mol. The average Bonchev–Trinajstić information content (AvgIpc) is 3.35. The Morgan fingerprint density at radius 1 is 1.25 bits per heavy atom. The van der Waals surface area contributed by atoms with E-state index in [4.69, 9.17) is 14.6 Å². The van der Waals surface area contributed by atoms with Crippen molar-refractivity contribution in [1.29, 1.82) is 0 Å². The summed E-state index contributed by atoms with van der Waals surface area (Å²) in [5.41, 5.74) is 2.19. The van der Waals surface area contributed by atoms with Crippen molar-refractivity contribution in [2.24, 2.45) is 0 Å². The first-order valence-corrected chi connectivity index (χ1v) is 10.9. The van der Waals surface area contributed by atoms with Crippen molar-refractivity contribution in [2.45, 2.75) is 38.2 Å². The molecule has 2 fully saturated rings. The van der Waals surface area contributed by atoms with Crippen LogP contribution in [-0.4, -0.2) is 76.3 Å². The van der Waals surface area contributed by atoms with Gasteiger partial charge in [0.2, 0.25) is 5.91 Å². The number of ether oxygens (including phenoxy) is 1. The third-order valence-corrected chi connectivity index (χ3v) is 6.06. The van der Waals surface area contributed by atoms with Gasteiger partial charge < -0.3 is 14.7 Å². The molecule has 0 unspecified atom stereocenters. The van der Waals surface area contributed by atoms with Crippen LogP contribution in [-0.2, 0) is 27.3 Å². The molecule has 2 saturated heterocycles. The van der Waals surface area contributed by atoms with Crippen molar-refractivity contribution < 1.29 is 32.6 Å². The van der Waals surface area contributed by atoms with Crippen LogP contribution in [0.1, 0.15) is 16.3 Å². The first-order chi connectivity index (χ1) is 15.1. The first-order valence-electron chi connectivity index (χ1n) is 10.0. The molecule has 7 nitrogen and oxygen atoms in total. The molecule has 3 heterocycles. The Hall–Kier alpha value is -2.50. The van der Waals surface area contributed by atoms with Crippen LogP contribution < -0.4 is 0 Å². The maximum atomic E-state index is 12.7. The molecule has 0 radical (unpaired) electrons. The monoisotopic (exact) mass is 471 g/mol. The summed E-state index contributed by atoms with van der Waals surface area (Å²) in [5.74, 6) is -2.57. The van der Waals surface area contributed by atoms with Gasteiger partial charge in [0.05, 0.1) is 35.9 Å². The lowest BCUT2D eigenvalue weighted by molar-refractivity contribution is -0.192. The van der Waals surface area contributed by atoms with E-state index < -0.39 is 12.1 Å². The van der Waals surface area contributed by atoms with Crippen LogP contribution in [0.4, 0.5) is 13.2 Å². The van der Waals surface area contributed by atoms with Crippen LogP contribution in [0.15, 0.2) is 35.7 Å². The van der Waals surface area contributed by atoms with Crippen LogP contribution >= 0.6 is 11.3 Å². The number of carboxylic acids is 1. The number of aromatic nitrogens is 1. The van der Waals surface area contributed by atoms with E-state index in [0.717, 1.165) is 42.5 Å². The summed E-state index contributed by atoms with van der Waals surface area (Å²) in [6.07, 6.45) is -4.50. The van der Waals surface area contributed by atoms with Gasteiger partial charge in [-0.2, -0.15) is 13.2 Å². The number of carboxylic acid groups (broad SMARTS) is 1. The molecule has 174 valence electrons. The van der Waals surface area contributed by atoms with Crippen molar-refractivity contribution in [3.05, 3.63) is 52.0 Å². The summed E-state index contributed by atoms with van der Waals surface area (Å²) in [6.45, 7) is 5.96. The third-order valence-electron chi connectivity index (χ3n) is 5.24. The Bertz CT molecular complexity index is 923. The van der Waals surface area contributed by atoms with Crippen molar-refractivity contribution in [2.75, 3.05) is 26.2 Å². The molecule has 2 atom stereocenters. The highest BCUT2D eigenvalue weighted by Crippen LogP contribution is 2.25. The number of rotatable bonds is 4. The number of thiazole rings is 1. The molecule has 4 rings (SSSR count). The molecule has 1 aromatic carbocycles. The Kier molecular flexibility index (Phi) is 7.86. The minimum Gasteiger partial charge on any atom is -0.475 e. The predicted octanol–water partition coefficient (Wildman–Crippen LogP) is 2.74. The molecule has 2 aromatic rings. The normalized spacial score (nSPS) is 20.9. The number of aliphatic carboxylic acids is 1. The minimum atomic E-state index is -5.08. The number of alkyl halides is 3. The summed E-state index contributed by atoms with van der Waals surface area (Å²) in [4.78, 5) is 30.5. The number of hydrogen-bond acceptors (Lipinski definition) is 6. The second-order valence-corrected chi connectivity index (χ2v) is 8.63. The van der Waals surface area contributed by atoms with Crippen LogP contribution in [0.2, 0.25) is 0 Å². The Labute approximate surface area is 187 Å². The average molecular weight is 472 g/mol. The first kappa shape index (κ1) is 24.1. The molecule has 1 aromatic heterocycles. The van der Waals surface area contributed by atoms with E-state index in [2.05, 4.69) is 15.3 Å². The maximum Gasteiger partial charge on any atom is 0.490 e. The molecule has 32 heavy (non-hydrogen) atoms. The van der Waals surface area contributed by atoms with E-state index in [0.29, 0.717) is 13.0 Å². The number of carbonyl (C=O) groups is 2. The standard InChI is InChI=1S/C19H23N3O2S.C2HF3O2/c1-14-20-16(13-25-14)10-21-7-8-24-18-12-22(11-17(18)21)19(23)9-15-5-3-2-4-6-15;3-2(4,5)1(6)7/h2-6,13,17-18H,7-12H2,1H3;(H,6,7)/t17-,18+;/m1./s1. The highest BCUT2D eigenvalue weighted by molar-refractivity contribution is 7.09. The Morgan fingerprint density at radius 3 is 2.53 bits per heavy atom. The Balaban J connectivity index is 0.000000360. The minimum absolute atomic E-state index is 0.119. The van der Waals surface area contributed by atoms with Gasteiger partial charge in [-0.15, -0.1) is 11.3 Å². The van der Waals surface area contributed by atoms with Crippen molar-refractivity contribution in [3.63, 3.8) is 0 Å². The number of fused-ring (bicyclic) bond motifs is 1. The third kappa shape index (κ3) is 6.50. The highest BCUT2D eigenvalue weighted by atomic mass is 32.1. The van der Waals surface area contributed by atoms with E-state index >= 15 is 0 Å². The van der Waals surface area contributed by atoms with Crippen LogP contribution in [0.5, 0.6) is 0 Å². The van der Waals surface area contributed by atoms with E-state index in [-0.39, 0.29) is 18.1 Å². The topological polar surface area (TPSA) is 83.0 Å². The number of halogens is 3. The molecule has 1 N–H and O–H groups in total. The van der Waals surface area contributed by atoms with E-state index in [1.165, 1.54) is 0 Å². The summed E-state index contributed by atoms with van der Waals surface area (Å²) < 4.78 is 37.7. The SMILES string of the molecule is Cc1nc(CN2CCO[C@H]3CN(C(=O)Cc4ccccc4)C[C@H]32)cs1.O=C(O)C(F)(F)F. The summed E-state index contributed by atoms with van der Waals surface area (Å²) >= 11 is 1.69. The van der Waals surface area contributed by atoms with Crippen molar-refractivity contribution >= 4 is 23.2 Å². The molecule has 0 saturated carbocycles. The number of nitrogens with zero attached hydrogens (tertiary/aromatic N) is 3. The van der Waals surface area contributed by atoms with Gasteiger partial charge in [0, 0.05) is 31.6 Å². The fraction of sp³-hybridized carbons (Fsp3) is 0.476. The van der Waals surface area contributed by atoms with E-state index in [1.54, 1.807) is 11.3 Å². The van der Waals surface area contributed by atoms with E-state index in [9.17, 15) is 18.0 Å². The van der Waals surface area contributed by atoms with Gasteiger partial charge in [0.25, 0.3) is 0 Å². The second kappa shape index (κ2) is 10.4. The highest BCUT2D eigenvalue weighted by Gasteiger charge is 2.41. The molecule has 0 bridgehead atoms. The number of carbonyl (C=O) groups excluding carboxylic acids is 1. The van der Waals surface area contributed by atoms with Gasteiger partial charge in [-0.1, -0.05) is 30.3 Å². The molecule has 0 aliphatic carbocycles. The zero-order chi connectivity index (χ0) is 23.3. The van der Waals surface area contributed by atoms with Gasteiger partial charge in [-0.3, -0.25) is 9.69 Å². The second-order valence-electron chi connectivity index (χ2n) is 7.57. The zero-order valence-corrected chi connectivity index (χ0v) is 18.2. The summed E-state index contributed by atoms with van der Waals surface area (Å²) in [5, 5.41) is 10.4. The van der Waals surface area contributed by atoms with Gasteiger partial charge >= 0.3 is 12.1 Å². The summed E-state index contributed by atoms with van der Waals surface area (Å²) in [6, 6.07) is 10.2. The fourth-order valence-corrected chi connectivity index (χ4v) is 4.33. The number of morpholine rings is 1. The number of likely N-dealkylation sites (tertiary alicyclic amines) is 1. The zero-order valence-electron chi connectivity index (χ0n) is 17.4. The lowest BCUT2D eigenvalue weighted by Crippen LogP contribution is -2.50. The molecule has 0 spiro atoms. The number of benzene rings is 1. The maximum absolute atomic E-state index is 12.7. The fourth-order valence-electron chi connectivity index (χ4n) is 3.73. The van der Waals surface area contributed by atoms with Gasteiger partial charge in [-0.05, 0) is 12.5 Å². The van der Waals surface area contributed by atoms with Crippen LogP contribution in [0.3, 0.4) is 0 Å². The Morgan fingerprint density at radius 2 is 1.94 bits per heavy atom. The van der Waals surface area contributed by atoms with Crippen molar-refractivity contribution in [1.82, 2.24) is 14.8 Å². The number of amides is 1. The smallest absolute Gasteiger partial charge is 0.475 e. The molecule has 2 aliphatic heterocycles.